The number of rotatable bonds is 3. The van der Waals surface area contributed by atoms with Gasteiger partial charge in [0.05, 0.1) is 12.0 Å². The number of aryl methyl sites for hydroxylation is 2. The van der Waals surface area contributed by atoms with Crippen LogP contribution < -0.4 is 4.74 Å². The fourth-order valence-corrected chi connectivity index (χ4v) is 3.38. The van der Waals surface area contributed by atoms with Gasteiger partial charge in [0.25, 0.3) is 0 Å². The molecule has 0 spiro atoms. The van der Waals surface area contributed by atoms with Crippen LogP contribution in [0.25, 0.3) is 0 Å². The second-order valence-corrected chi connectivity index (χ2v) is 5.29. The lowest BCUT2D eigenvalue weighted by atomic mass is 10.2. The fourth-order valence-electron chi connectivity index (χ4n) is 2.19. The molecule has 0 saturated carbocycles. The minimum Gasteiger partial charge on any atom is -0.479 e. The molecule has 0 aromatic carbocycles. The van der Waals surface area contributed by atoms with Gasteiger partial charge < -0.3 is 4.74 Å². The lowest BCUT2D eigenvalue weighted by molar-refractivity contribution is 0.103. The van der Waals surface area contributed by atoms with Gasteiger partial charge in [-0.2, -0.15) is 0 Å². The van der Waals surface area contributed by atoms with Crippen molar-refractivity contribution in [1.29, 1.82) is 0 Å². The number of hydrogen-bond donors (Lipinski definition) is 0. The lowest BCUT2D eigenvalue weighted by Crippen LogP contribution is -2.06. The van der Waals surface area contributed by atoms with Crippen molar-refractivity contribution in [2.45, 2.75) is 19.3 Å². The molecule has 0 N–H and O–H groups in total. The summed E-state index contributed by atoms with van der Waals surface area (Å²) in [6, 6.07) is 1.99. The number of ether oxygens (including phenoxy) is 1. The first-order valence-corrected chi connectivity index (χ1v) is 6.62. The van der Waals surface area contributed by atoms with Crippen molar-refractivity contribution >= 4 is 17.1 Å². The fraction of sp³-hybridized carbons (Fsp3) is 0.308. The van der Waals surface area contributed by atoms with Crippen molar-refractivity contribution in [3.8, 4) is 5.88 Å². The van der Waals surface area contributed by atoms with Crippen molar-refractivity contribution in [2.24, 2.45) is 0 Å². The second-order valence-electron chi connectivity index (χ2n) is 4.16. The molecule has 92 valence electrons. The molecule has 0 amide bonds. The van der Waals surface area contributed by atoms with Gasteiger partial charge in [0.2, 0.25) is 11.7 Å². The van der Waals surface area contributed by atoms with E-state index in [1.807, 2.05) is 6.07 Å². The number of thiophene rings is 1. The van der Waals surface area contributed by atoms with E-state index >= 15 is 0 Å². The molecule has 1 aliphatic rings. The van der Waals surface area contributed by atoms with Crippen molar-refractivity contribution < 1.29 is 9.53 Å². The summed E-state index contributed by atoms with van der Waals surface area (Å²) in [5.41, 5.74) is 1.60. The normalized spacial score (nSPS) is 13.4. The minimum atomic E-state index is -0.0978. The molecule has 0 aliphatic heterocycles. The molecular weight excluding hydrogens is 248 g/mol. The standard InChI is InChI=1S/C13H12N2O2S/c1-17-13-11(14-5-6-15-13)12(16)10-7-8-3-2-4-9(8)18-10/h5-7H,2-4H2,1H3. The van der Waals surface area contributed by atoms with Crippen LogP contribution in [0.15, 0.2) is 18.5 Å². The van der Waals surface area contributed by atoms with Crippen LogP contribution in [0.5, 0.6) is 5.88 Å². The summed E-state index contributed by atoms with van der Waals surface area (Å²) in [4.78, 5) is 22.5. The number of hydrogen-bond acceptors (Lipinski definition) is 5. The molecule has 3 rings (SSSR count). The van der Waals surface area contributed by atoms with Crippen LogP contribution in [0.2, 0.25) is 0 Å². The first-order valence-electron chi connectivity index (χ1n) is 5.81. The summed E-state index contributed by atoms with van der Waals surface area (Å²) < 4.78 is 5.08. The molecule has 0 bridgehead atoms. The maximum atomic E-state index is 12.4. The SMILES string of the molecule is COc1nccnc1C(=O)c1cc2c(s1)CCC2. The quantitative estimate of drug-likeness (QED) is 0.794. The Bertz CT molecular complexity index is 585. The largest absolute Gasteiger partial charge is 0.479 e. The second kappa shape index (κ2) is 4.49. The maximum Gasteiger partial charge on any atom is 0.243 e. The Balaban J connectivity index is 1.98. The van der Waals surface area contributed by atoms with Gasteiger partial charge in [-0.15, -0.1) is 11.3 Å². The highest BCUT2D eigenvalue weighted by molar-refractivity contribution is 7.14. The third kappa shape index (κ3) is 1.80. The van der Waals surface area contributed by atoms with E-state index in [-0.39, 0.29) is 11.7 Å². The van der Waals surface area contributed by atoms with Gasteiger partial charge in [0.1, 0.15) is 0 Å². The highest BCUT2D eigenvalue weighted by Crippen LogP contribution is 2.32. The van der Waals surface area contributed by atoms with Gasteiger partial charge in [0, 0.05) is 17.3 Å². The predicted molar refractivity (Wildman–Crippen MR) is 68.4 cm³/mol. The topological polar surface area (TPSA) is 52.1 Å². The zero-order valence-corrected chi connectivity index (χ0v) is 10.8. The van der Waals surface area contributed by atoms with Crippen molar-refractivity contribution in [3.05, 3.63) is 39.5 Å². The van der Waals surface area contributed by atoms with E-state index in [2.05, 4.69) is 9.97 Å². The number of methoxy groups -OCH3 is 1. The minimum absolute atomic E-state index is 0.0978. The molecule has 0 radical (unpaired) electrons. The molecule has 2 heterocycles. The lowest BCUT2D eigenvalue weighted by Gasteiger charge is -2.03. The van der Waals surface area contributed by atoms with E-state index in [0.717, 1.165) is 17.7 Å². The van der Waals surface area contributed by atoms with Crippen molar-refractivity contribution in [2.75, 3.05) is 7.11 Å². The van der Waals surface area contributed by atoms with Crippen LogP contribution in [0.4, 0.5) is 0 Å². The third-order valence-corrected chi connectivity index (χ3v) is 4.28. The van der Waals surface area contributed by atoms with Gasteiger partial charge in [-0.1, -0.05) is 0 Å². The highest BCUT2D eigenvalue weighted by atomic mass is 32.1. The first-order chi connectivity index (χ1) is 8.79. The molecule has 1 aliphatic carbocycles. The zero-order chi connectivity index (χ0) is 12.5. The van der Waals surface area contributed by atoms with Crippen LogP contribution in [0.3, 0.4) is 0 Å². The van der Waals surface area contributed by atoms with E-state index in [1.165, 1.54) is 36.4 Å². The third-order valence-electron chi connectivity index (χ3n) is 3.04. The molecule has 2 aromatic heterocycles. The van der Waals surface area contributed by atoms with Crippen LogP contribution in [0.1, 0.15) is 32.2 Å². The summed E-state index contributed by atoms with van der Waals surface area (Å²) in [5, 5.41) is 0. The summed E-state index contributed by atoms with van der Waals surface area (Å²) in [7, 11) is 1.50. The van der Waals surface area contributed by atoms with Gasteiger partial charge in [-0.3, -0.25) is 4.79 Å². The highest BCUT2D eigenvalue weighted by Gasteiger charge is 2.22. The monoisotopic (exact) mass is 260 g/mol. The molecule has 5 heteroatoms. The molecule has 0 unspecified atom stereocenters. The van der Waals surface area contributed by atoms with Gasteiger partial charge in [-0.05, 0) is 30.9 Å². The predicted octanol–water partition coefficient (Wildman–Crippen LogP) is 2.27. The number of nitrogens with zero attached hydrogens (tertiary/aromatic N) is 2. The molecule has 0 atom stereocenters. The molecular formula is C13H12N2O2S. The Kier molecular flexibility index (Phi) is 2.83. The van der Waals surface area contributed by atoms with Crippen LogP contribution in [-0.2, 0) is 12.8 Å². The van der Waals surface area contributed by atoms with E-state index in [1.54, 1.807) is 11.3 Å². The number of carbonyl (C=O) groups excluding carboxylic acids is 1. The Morgan fingerprint density at radius 3 is 2.94 bits per heavy atom. The van der Waals surface area contributed by atoms with Crippen LogP contribution in [-0.4, -0.2) is 22.9 Å². The Labute approximate surface area is 109 Å². The average Bonchev–Trinajstić information content (AvgIpc) is 2.98. The maximum absolute atomic E-state index is 12.4. The number of carbonyl (C=O) groups is 1. The van der Waals surface area contributed by atoms with E-state index in [0.29, 0.717) is 5.69 Å². The van der Waals surface area contributed by atoms with Crippen molar-refractivity contribution in [1.82, 2.24) is 9.97 Å². The molecule has 4 nitrogen and oxygen atoms in total. The van der Waals surface area contributed by atoms with Gasteiger partial charge in [0.15, 0.2) is 5.69 Å². The Morgan fingerprint density at radius 1 is 1.33 bits per heavy atom. The number of aromatic nitrogens is 2. The first kappa shape index (κ1) is 11.3. The van der Waals surface area contributed by atoms with E-state index in [4.69, 9.17) is 4.74 Å². The van der Waals surface area contributed by atoms with Crippen LogP contribution in [0, 0.1) is 0 Å². The Morgan fingerprint density at radius 2 is 2.17 bits per heavy atom. The van der Waals surface area contributed by atoms with Gasteiger partial charge in [-0.25, -0.2) is 9.97 Å². The van der Waals surface area contributed by atoms with Gasteiger partial charge >= 0.3 is 0 Å². The Hall–Kier alpha value is -1.75. The molecule has 2 aromatic rings. The smallest absolute Gasteiger partial charge is 0.243 e. The van der Waals surface area contributed by atoms with Crippen molar-refractivity contribution in [3.63, 3.8) is 0 Å². The number of fused-ring (bicyclic) bond motifs is 1. The zero-order valence-electron chi connectivity index (χ0n) is 9.97. The van der Waals surface area contributed by atoms with Crippen LogP contribution >= 0.6 is 11.3 Å². The summed E-state index contributed by atoms with van der Waals surface area (Å²) in [5.74, 6) is 0.190. The summed E-state index contributed by atoms with van der Waals surface area (Å²) in [6.07, 6.45) is 6.40. The molecule has 18 heavy (non-hydrogen) atoms. The number of ketones is 1. The molecule has 0 fully saturated rings. The molecule has 0 saturated heterocycles. The summed E-state index contributed by atoms with van der Waals surface area (Å²) >= 11 is 1.57. The van der Waals surface area contributed by atoms with E-state index in [9.17, 15) is 4.79 Å². The summed E-state index contributed by atoms with van der Waals surface area (Å²) in [6.45, 7) is 0. The van der Waals surface area contributed by atoms with E-state index < -0.39 is 0 Å². The average molecular weight is 260 g/mol.